The number of ketones is 1. The quantitative estimate of drug-likeness (QED) is 0.337. The molecule has 2 N–H and O–H groups in total. The van der Waals surface area contributed by atoms with Crippen LogP contribution < -0.4 is 10.7 Å². The molecule has 9 heteroatoms. The molecule has 182 valence electrons. The molecule has 1 aliphatic rings. The van der Waals surface area contributed by atoms with E-state index in [2.05, 4.69) is 15.8 Å². The van der Waals surface area contributed by atoms with E-state index in [-0.39, 0.29) is 23.7 Å². The summed E-state index contributed by atoms with van der Waals surface area (Å²) in [5.41, 5.74) is 1.68. The van der Waals surface area contributed by atoms with E-state index in [4.69, 9.17) is 0 Å². The topological polar surface area (TPSA) is 87.6 Å². The number of nitrogens with one attached hydrogen (secondary N) is 2. The second kappa shape index (κ2) is 11.4. The summed E-state index contributed by atoms with van der Waals surface area (Å²) in [6, 6.07) is 3.63. The maximum atomic E-state index is 12.7. The number of rotatable bonds is 8. The molecule has 1 aromatic rings. The Hall–Kier alpha value is -2.71. The number of carbonyl (C=O) groups excluding carboxylic acids is 3. The fourth-order valence-corrected chi connectivity index (χ4v) is 3.77. The Morgan fingerprint density at radius 3 is 2.21 bits per heavy atom. The standard InChI is InChI=1S/C24H32F3N3O3/c1-23(2,3)15-19(29-21(32)17-7-5-4-6-8-17)20(31)22(33)30-28-14-13-16-9-11-18(12-10-16)24(25,26)27/h9-12,14,17,19H,4-8,13,15H2,1-3H3,(H,29,32)(H,30,33)/b28-14+. The first-order valence-electron chi connectivity index (χ1n) is 11.2. The molecule has 0 radical (unpaired) electrons. The molecule has 0 aliphatic heterocycles. The minimum atomic E-state index is -4.41. The van der Waals surface area contributed by atoms with Crippen LogP contribution in [0.3, 0.4) is 0 Å². The minimum Gasteiger partial charge on any atom is -0.345 e. The first kappa shape index (κ1) is 26.5. The number of halogens is 3. The minimum absolute atomic E-state index is 0.140. The highest BCUT2D eigenvalue weighted by atomic mass is 19.4. The number of Topliss-reactive ketones (excluding diaryl/α,β-unsaturated/α-hetero) is 1. The number of nitrogens with zero attached hydrogens (tertiary/aromatic N) is 1. The van der Waals surface area contributed by atoms with Crippen LogP contribution in [0.1, 0.15) is 70.4 Å². The normalized spacial score (nSPS) is 16.4. The largest absolute Gasteiger partial charge is 0.416 e. The molecular weight excluding hydrogens is 435 g/mol. The third-order valence-electron chi connectivity index (χ3n) is 5.51. The van der Waals surface area contributed by atoms with E-state index < -0.39 is 29.5 Å². The number of hydrogen-bond donors (Lipinski definition) is 2. The molecule has 0 heterocycles. The zero-order chi connectivity index (χ0) is 24.6. The molecule has 1 aliphatic carbocycles. The zero-order valence-corrected chi connectivity index (χ0v) is 19.3. The number of hydrogen-bond acceptors (Lipinski definition) is 4. The summed E-state index contributed by atoms with van der Waals surface area (Å²) in [5, 5.41) is 6.49. The first-order valence-corrected chi connectivity index (χ1v) is 11.2. The summed E-state index contributed by atoms with van der Waals surface area (Å²) >= 11 is 0. The van der Waals surface area contributed by atoms with E-state index in [1.54, 1.807) is 0 Å². The number of hydrazone groups is 1. The van der Waals surface area contributed by atoms with Crippen LogP contribution in [-0.4, -0.2) is 29.9 Å². The van der Waals surface area contributed by atoms with E-state index in [1.165, 1.54) is 18.3 Å². The van der Waals surface area contributed by atoms with Crippen LogP contribution in [0.15, 0.2) is 29.4 Å². The van der Waals surface area contributed by atoms with E-state index >= 15 is 0 Å². The van der Waals surface area contributed by atoms with Crippen LogP contribution >= 0.6 is 0 Å². The second-order valence-electron chi connectivity index (χ2n) is 9.68. The van der Waals surface area contributed by atoms with Gasteiger partial charge in [-0.3, -0.25) is 14.4 Å². The Labute approximate surface area is 192 Å². The van der Waals surface area contributed by atoms with Gasteiger partial charge < -0.3 is 5.32 Å². The predicted molar refractivity (Wildman–Crippen MR) is 119 cm³/mol. The van der Waals surface area contributed by atoms with Gasteiger partial charge in [0.05, 0.1) is 11.6 Å². The van der Waals surface area contributed by atoms with Crippen molar-refractivity contribution in [2.45, 2.75) is 77.9 Å². The summed E-state index contributed by atoms with van der Waals surface area (Å²) in [6.45, 7) is 5.75. The fraction of sp³-hybridized carbons (Fsp3) is 0.583. The Kier molecular flexibility index (Phi) is 9.19. The highest BCUT2D eigenvalue weighted by Crippen LogP contribution is 2.29. The molecule has 0 saturated heterocycles. The predicted octanol–water partition coefficient (Wildman–Crippen LogP) is 4.42. The number of carbonyl (C=O) groups is 3. The van der Waals surface area contributed by atoms with Crippen LogP contribution in [-0.2, 0) is 27.0 Å². The Bertz CT molecular complexity index is 852. The molecule has 1 saturated carbocycles. The van der Waals surface area contributed by atoms with Gasteiger partial charge in [0.2, 0.25) is 11.7 Å². The molecule has 1 fully saturated rings. The van der Waals surface area contributed by atoms with Crippen molar-refractivity contribution in [2.75, 3.05) is 0 Å². The number of alkyl halides is 3. The van der Waals surface area contributed by atoms with Crippen LogP contribution in [0.2, 0.25) is 0 Å². The van der Waals surface area contributed by atoms with Gasteiger partial charge >= 0.3 is 12.1 Å². The average molecular weight is 468 g/mol. The van der Waals surface area contributed by atoms with Gasteiger partial charge in [0.1, 0.15) is 0 Å². The molecule has 0 aromatic heterocycles. The molecule has 1 atom stereocenters. The zero-order valence-electron chi connectivity index (χ0n) is 19.3. The number of benzene rings is 1. The lowest BCUT2D eigenvalue weighted by molar-refractivity contribution is -0.141. The highest BCUT2D eigenvalue weighted by molar-refractivity contribution is 6.38. The van der Waals surface area contributed by atoms with E-state index in [9.17, 15) is 27.6 Å². The Morgan fingerprint density at radius 2 is 1.67 bits per heavy atom. The third kappa shape index (κ3) is 8.98. The van der Waals surface area contributed by atoms with Crippen molar-refractivity contribution in [3.63, 3.8) is 0 Å². The van der Waals surface area contributed by atoms with E-state index in [0.29, 0.717) is 12.0 Å². The van der Waals surface area contributed by atoms with Gasteiger partial charge in [-0.25, -0.2) is 5.43 Å². The van der Waals surface area contributed by atoms with E-state index in [1.807, 2.05) is 20.8 Å². The Morgan fingerprint density at radius 1 is 1.06 bits per heavy atom. The molecule has 6 nitrogen and oxygen atoms in total. The smallest absolute Gasteiger partial charge is 0.345 e. The molecule has 0 spiro atoms. The first-order chi connectivity index (χ1) is 15.4. The molecular formula is C24H32F3N3O3. The molecule has 2 amide bonds. The summed E-state index contributed by atoms with van der Waals surface area (Å²) in [5.74, 6) is -2.06. The third-order valence-corrected chi connectivity index (χ3v) is 5.51. The lowest BCUT2D eigenvalue weighted by Crippen LogP contribution is -2.50. The van der Waals surface area contributed by atoms with Gasteiger partial charge in [0, 0.05) is 18.6 Å². The van der Waals surface area contributed by atoms with Gasteiger partial charge in [-0.15, -0.1) is 0 Å². The number of amides is 2. The Balaban J connectivity index is 1.93. The maximum absolute atomic E-state index is 12.7. The second-order valence-corrected chi connectivity index (χ2v) is 9.68. The van der Waals surface area contributed by atoms with Crippen molar-refractivity contribution >= 4 is 23.8 Å². The summed E-state index contributed by atoms with van der Waals surface area (Å²) in [4.78, 5) is 37.7. The van der Waals surface area contributed by atoms with Crippen molar-refractivity contribution in [3.05, 3.63) is 35.4 Å². The highest BCUT2D eigenvalue weighted by Gasteiger charge is 2.33. The van der Waals surface area contributed by atoms with Gasteiger partial charge in [-0.2, -0.15) is 18.3 Å². The summed E-state index contributed by atoms with van der Waals surface area (Å²) < 4.78 is 37.8. The average Bonchev–Trinajstić information content (AvgIpc) is 2.75. The van der Waals surface area contributed by atoms with Crippen molar-refractivity contribution in [2.24, 2.45) is 16.4 Å². The van der Waals surface area contributed by atoms with Gasteiger partial charge in [-0.1, -0.05) is 52.2 Å². The molecule has 1 unspecified atom stereocenters. The van der Waals surface area contributed by atoms with Crippen LogP contribution in [0.25, 0.3) is 0 Å². The molecule has 1 aromatic carbocycles. The lowest BCUT2D eigenvalue weighted by atomic mass is 9.85. The summed E-state index contributed by atoms with van der Waals surface area (Å²) in [7, 11) is 0. The fourth-order valence-electron chi connectivity index (χ4n) is 3.77. The van der Waals surface area contributed by atoms with Gasteiger partial charge in [-0.05, 0) is 42.4 Å². The monoisotopic (exact) mass is 467 g/mol. The molecule has 33 heavy (non-hydrogen) atoms. The van der Waals surface area contributed by atoms with Crippen LogP contribution in [0, 0.1) is 11.3 Å². The van der Waals surface area contributed by atoms with Crippen molar-refractivity contribution < 1.29 is 27.6 Å². The van der Waals surface area contributed by atoms with Crippen molar-refractivity contribution in [1.29, 1.82) is 0 Å². The van der Waals surface area contributed by atoms with Crippen molar-refractivity contribution in [3.8, 4) is 0 Å². The van der Waals surface area contributed by atoms with Crippen LogP contribution in [0.5, 0.6) is 0 Å². The summed E-state index contributed by atoms with van der Waals surface area (Å²) in [6.07, 6.45) is 1.98. The lowest BCUT2D eigenvalue weighted by Gasteiger charge is -2.28. The van der Waals surface area contributed by atoms with Gasteiger partial charge in [0.25, 0.3) is 0 Å². The molecule has 0 bridgehead atoms. The van der Waals surface area contributed by atoms with Crippen LogP contribution in [0.4, 0.5) is 13.2 Å². The van der Waals surface area contributed by atoms with Gasteiger partial charge in [0.15, 0.2) is 0 Å². The van der Waals surface area contributed by atoms with E-state index in [0.717, 1.165) is 44.2 Å². The SMILES string of the molecule is CC(C)(C)CC(NC(=O)C1CCCCC1)C(=O)C(=O)N/N=C/Cc1ccc(C(F)(F)F)cc1. The van der Waals surface area contributed by atoms with Crippen molar-refractivity contribution in [1.82, 2.24) is 10.7 Å². The maximum Gasteiger partial charge on any atom is 0.416 e. The molecule has 2 rings (SSSR count).